The van der Waals surface area contributed by atoms with Crippen molar-refractivity contribution in [1.82, 2.24) is 4.90 Å². The average Bonchev–Trinajstić information content (AvgIpc) is 3.17. The summed E-state index contributed by atoms with van der Waals surface area (Å²) in [5.74, 6) is -0.0117. The molecule has 0 aromatic heterocycles. The molecule has 0 aromatic carbocycles. The number of likely N-dealkylation sites (tertiary alicyclic amines) is 1. The van der Waals surface area contributed by atoms with Gasteiger partial charge in [0.05, 0.1) is 25.2 Å². The SMILES string of the molecule is COC(=O)C1CCC(OC(OC2CCCCC2)N2CCCC2)CC1. The van der Waals surface area contributed by atoms with Crippen molar-refractivity contribution in [2.45, 2.75) is 89.3 Å². The second-order valence-electron chi connectivity index (χ2n) is 7.58. The quantitative estimate of drug-likeness (QED) is 0.548. The van der Waals surface area contributed by atoms with Crippen LogP contribution in [0.15, 0.2) is 0 Å². The molecule has 0 N–H and O–H groups in total. The molecule has 24 heavy (non-hydrogen) atoms. The van der Waals surface area contributed by atoms with Gasteiger partial charge in [0.1, 0.15) is 0 Å². The molecule has 3 rings (SSSR count). The molecule has 138 valence electrons. The van der Waals surface area contributed by atoms with Gasteiger partial charge in [-0.05, 0) is 51.4 Å². The maximum atomic E-state index is 11.7. The van der Waals surface area contributed by atoms with E-state index in [1.165, 1.54) is 52.1 Å². The number of ether oxygens (including phenoxy) is 3. The predicted molar refractivity (Wildman–Crippen MR) is 91.4 cm³/mol. The van der Waals surface area contributed by atoms with Crippen molar-refractivity contribution < 1.29 is 19.0 Å². The molecule has 5 heteroatoms. The molecule has 3 fully saturated rings. The Morgan fingerprint density at radius 2 is 1.42 bits per heavy atom. The zero-order valence-electron chi connectivity index (χ0n) is 15.1. The molecule has 0 radical (unpaired) electrons. The van der Waals surface area contributed by atoms with Gasteiger partial charge in [0.15, 0.2) is 0 Å². The van der Waals surface area contributed by atoms with Crippen LogP contribution >= 0.6 is 0 Å². The lowest BCUT2D eigenvalue weighted by molar-refractivity contribution is -0.266. The van der Waals surface area contributed by atoms with Gasteiger partial charge in [0, 0.05) is 13.1 Å². The lowest BCUT2D eigenvalue weighted by Crippen LogP contribution is -2.43. The average molecular weight is 339 g/mol. The van der Waals surface area contributed by atoms with Gasteiger partial charge in [-0.1, -0.05) is 19.3 Å². The summed E-state index contributed by atoms with van der Waals surface area (Å²) in [6.07, 6.45) is 12.7. The van der Waals surface area contributed by atoms with Gasteiger partial charge in [0.2, 0.25) is 6.41 Å². The number of carbonyl (C=O) groups is 1. The highest BCUT2D eigenvalue weighted by atomic mass is 16.7. The van der Waals surface area contributed by atoms with E-state index in [-0.39, 0.29) is 24.4 Å². The van der Waals surface area contributed by atoms with Crippen LogP contribution < -0.4 is 0 Å². The minimum absolute atomic E-state index is 0.0550. The van der Waals surface area contributed by atoms with Crippen molar-refractivity contribution in [2.24, 2.45) is 5.92 Å². The fourth-order valence-corrected chi connectivity index (χ4v) is 4.29. The Morgan fingerprint density at radius 3 is 2.00 bits per heavy atom. The van der Waals surface area contributed by atoms with Gasteiger partial charge in [-0.15, -0.1) is 0 Å². The zero-order chi connectivity index (χ0) is 16.8. The maximum absolute atomic E-state index is 11.7. The largest absolute Gasteiger partial charge is 0.469 e. The molecule has 0 amide bonds. The third kappa shape index (κ3) is 4.93. The van der Waals surface area contributed by atoms with Crippen LogP contribution in [0.1, 0.15) is 70.6 Å². The maximum Gasteiger partial charge on any atom is 0.308 e. The first-order valence-electron chi connectivity index (χ1n) is 9.89. The summed E-state index contributed by atoms with van der Waals surface area (Å²) in [5, 5.41) is 0. The van der Waals surface area contributed by atoms with E-state index < -0.39 is 0 Å². The normalized spacial score (nSPS) is 31.0. The van der Waals surface area contributed by atoms with Gasteiger partial charge in [-0.2, -0.15) is 0 Å². The van der Waals surface area contributed by atoms with Crippen LogP contribution in [0.4, 0.5) is 0 Å². The third-order valence-electron chi connectivity index (χ3n) is 5.82. The number of nitrogens with zero attached hydrogens (tertiary/aromatic N) is 1. The van der Waals surface area contributed by atoms with Crippen molar-refractivity contribution in [1.29, 1.82) is 0 Å². The van der Waals surface area contributed by atoms with E-state index in [1.807, 2.05) is 0 Å². The summed E-state index contributed by atoms with van der Waals surface area (Å²) in [4.78, 5) is 14.0. The third-order valence-corrected chi connectivity index (χ3v) is 5.82. The number of esters is 1. The Kier molecular flexibility index (Phi) is 6.93. The number of methoxy groups -OCH3 is 1. The van der Waals surface area contributed by atoms with Crippen molar-refractivity contribution >= 4 is 5.97 Å². The lowest BCUT2D eigenvalue weighted by atomic mass is 9.87. The van der Waals surface area contributed by atoms with Crippen molar-refractivity contribution in [3.63, 3.8) is 0 Å². The molecular weight excluding hydrogens is 306 g/mol. The molecule has 1 aliphatic heterocycles. The first kappa shape index (κ1) is 18.2. The lowest BCUT2D eigenvalue weighted by Gasteiger charge is -2.36. The molecule has 1 heterocycles. The van der Waals surface area contributed by atoms with E-state index in [1.54, 1.807) is 0 Å². The van der Waals surface area contributed by atoms with Gasteiger partial charge >= 0.3 is 5.97 Å². The fraction of sp³-hybridized carbons (Fsp3) is 0.947. The van der Waals surface area contributed by atoms with E-state index in [2.05, 4.69) is 4.90 Å². The topological polar surface area (TPSA) is 48.0 Å². The summed E-state index contributed by atoms with van der Waals surface area (Å²) in [6, 6.07) is 0. The second kappa shape index (κ2) is 9.16. The van der Waals surface area contributed by atoms with E-state index in [9.17, 15) is 4.79 Å². The summed E-state index contributed by atoms with van der Waals surface area (Å²) in [6.45, 7) is 2.16. The fourth-order valence-electron chi connectivity index (χ4n) is 4.29. The molecule has 0 aromatic rings. The summed E-state index contributed by atoms with van der Waals surface area (Å²) < 4.78 is 17.7. The standard InChI is InChI=1S/C19H33NO4/c1-22-18(21)15-9-11-17(12-10-15)24-19(20-13-5-6-14-20)23-16-7-3-2-4-8-16/h15-17,19H,2-14H2,1H3. The monoisotopic (exact) mass is 339 g/mol. The Morgan fingerprint density at radius 1 is 0.833 bits per heavy atom. The summed E-state index contributed by atoms with van der Waals surface area (Å²) in [5.41, 5.74) is 0. The van der Waals surface area contributed by atoms with Crippen LogP contribution in [0.25, 0.3) is 0 Å². The Hall–Kier alpha value is -0.650. The number of rotatable bonds is 6. The van der Waals surface area contributed by atoms with Crippen molar-refractivity contribution in [3.05, 3.63) is 0 Å². The Bertz CT molecular complexity index is 383. The molecular formula is C19H33NO4. The smallest absolute Gasteiger partial charge is 0.308 e. The molecule has 0 spiro atoms. The van der Waals surface area contributed by atoms with Gasteiger partial charge in [0.25, 0.3) is 0 Å². The highest BCUT2D eigenvalue weighted by Crippen LogP contribution is 2.30. The van der Waals surface area contributed by atoms with E-state index in [0.29, 0.717) is 6.10 Å². The van der Waals surface area contributed by atoms with Crippen LogP contribution in [0, 0.1) is 5.92 Å². The second-order valence-corrected chi connectivity index (χ2v) is 7.58. The molecule has 1 unspecified atom stereocenters. The van der Waals surface area contributed by atoms with Crippen LogP contribution in [0.3, 0.4) is 0 Å². The molecule has 3 aliphatic rings. The molecule has 1 saturated heterocycles. The Balaban J connectivity index is 1.51. The molecule has 2 aliphatic carbocycles. The molecule has 1 atom stereocenters. The van der Waals surface area contributed by atoms with Gasteiger partial charge in [-0.25, -0.2) is 0 Å². The minimum Gasteiger partial charge on any atom is -0.469 e. The highest BCUT2D eigenvalue weighted by Gasteiger charge is 2.33. The van der Waals surface area contributed by atoms with Gasteiger partial charge < -0.3 is 14.2 Å². The van der Waals surface area contributed by atoms with Crippen LogP contribution in [-0.4, -0.2) is 49.7 Å². The van der Waals surface area contributed by atoms with E-state index >= 15 is 0 Å². The first-order valence-corrected chi connectivity index (χ1v) is 9.89. The van der Waals surface area contributed by atoms with Crippen LogP contribution in [0.2, 0.25) is 0 Å². The molecule has 2 saturated carbocycles. The van der Waals surface area contributed by atoms with E-state index in [4.69, 9.17) is 14.2 Å². The Labute approximate surface area is 146 Å². The number of hydrogen-bond donors (Lipinski definition) is 0. The number of hydrogen-bond acceptors (Lipinski definition) is 5. The summed E-state index contributed by atoms with van der Waals surface area (Å²) in [7, 11) is 1.48. The first-order chi connectivity index (χ1) is 11.8. The predicted octanol–water partition coefficient (Wildman–Crippen LogP) is 3.46. The van der Waals surface area contributed by atoms with Crippen LogP contribution in [0.5, 0.6) is 0 Å². The van der Waals surface area contributed by atoms with Crippen molar-refractivity contribution in [2.75, 3.05) is 20.2 Å². The summed E-state index contributed by atoms with van der Waals surface area (Å²) >= 11 is 0. The number of carbonyl (C=O) groups excluding carboxylic acids is 1. The minimum atomic E-state index is -0.185. The van der Waals surface area contributed by atoms with Crippen molar-refractivity contribution in [3.8, 4) is 0 Å². The molecule has 5 nitrogen and oxygen atoms in total. The zero-order valence-corrected chi connectivity index (χ0v) is 15.1. The molecule has 0 bridgehead atoms. The van der Waals surface area contributed by atoms with E-state index in [0.717, 1.165) is 38.8 Å². The van der Waals surface area contributed by atoms with Gasteiger partial charge in [-0.3, -0.25) is 9.69 Å². The van der Waals surface area contributed by atoms with Crippen LogP contribution in [-0.2, 0) is 19.0 Å². The highest BCUT2D eigenvalue weighted by molar-refractivity contribution is 5.72.